The first-order valence-electron chi connectivity index (χ1n) is 9.13. The van der Waals surface area contributed by atoms with E-state index in [1.165, 1.54) is 0 Å². The summed E-state index contributed by atoms with van der Waals surface area (Å²) >= 11 is 0. The maximum absolute atomic E-state index is 12.6. The van der Waals surface area contributed by atoms with Crippen LogP contribution in [0.25, 0.3) is 0 Å². The van der Waals surface area contributed by atoms with E-state index in [0.717, 1.165) is 4.90 Å². The Hall–Kier alpha value is -2.90. The van der Waals surface area contributed by atoms with Crippen molar-refractivity contribution in [2.24, 2.45) is 0 Å². The predicted molar refractivity (Wildman–Crippen MR) is 96.2 cm³/mol. The molecule has 4 amide bonds. The van der Waals surface area contributed by atoms with Gasteiger partial charge in [0.05, 0.1) is 17.7 Å². The number of fused-ring (bicyclic) bond motifs is 1. The van der Waals surface area contributed by atoms with Crippen molar-refractivity contribution in [2.45, 2.75) is 38.8 Å². The zero-order valence-corrected chi connectivity index (χ0v) is 15.4. The van der Waals surface area contributed by atoms with Gasteiger partial charge in [-0.25, -0.2) is 4.79 Å². The minimum Gasteiger partial charge on any atom is -0.450 e. The van der Waals surface area contributed by atoms with Gasteiger partial charge in [0.2, 0.25) is 5.91 Å². The lowest BCUT2D eigenvalue weighted by Crippen LogP contribution is -2.53. The summed E-state index contributed by atoms with van der Waals surface area (Å²) in [4.78, 5) is 51.9. The third kappa shape index (κ3) is 3.65. The summed E-state index contributed by atoms with van der Waals surface area (Å²) in [5, 5.41) is 2.89. The Morgan fingerprint density at radius 3 is 2.22 bits per heavy atom. The van der Waals surface area contributed by atoms with Crippen molar-refractivity contribution in [3.63, 3.8) is 0 Å². The number of nitrogens with one attached hydrogen (secondary N) is 1. The third-order valence-electron chi connectivity index (χ3n) is 4.96. The second kappa shape index (κ2) is 7.77. The molecule has 2 heterocycles. The number of likely N-dealkylation sites (tertiary alicyclic amines) is 1. The topological polar surface area (TPSA) is 96.0 Å². The zero-order valence-electron chi connectivity index (χ0n) is 15.4. The second-order valence-corrected chi connectivity index (χ2v) is 6.67. The fraction of sp³-hybridized carbons (Fsp3) is 0.474. The molecule has 27 heavy (non-hydrogen) atoms. The molecule has 0 saturated carbocycles. The highest BCUT2D eigenvalue weighted by Gasteiger charge is 2.41. The summed E-state index contributed by atoms with van der Waals surface area (Å²) in [6.45, 7) is 4.61. The minimum absolute atomic E-state index is 0.110. The monoisotopic (exact) mass is 373 g/mol. The minimum atomic E-state index is -0.902. The number of imide groups is 1. The van der Waals surface area contributed by atoms with Crippen LogP contribution in [-0.4, -0.2) is 65.4 Å². The van der Waals surface area contributed by atoms with Gasteiger partial charge in [0, 0.05) is 19.1 Å². The number of rotatable bonds is 4. The Morgan fingerprint density at radius 2 is 1.70 bits per heavy atom. The van der Waals surface area contributed by atoms with Crippen LogP contribution in [0.1, 0.15) is 47.4 Å². The van der Waals surface area contributed by atoms with Gasteiger partial charge >= 0.3 is 6.09 Å². The Balaban J connectivity index is 1.57. The van der Waals surface area contributed by atoms with Crippen LogP contribution in [0.3, 0.4) is 0 Å². The van der Waals surface area contributed by atoms with Gasteiger partial charge in [-0.2, -0.15) is 0 Å². The molecule has 144 valence electrons. The largest absolute Gasteiger partial charge is 0.450 e. The lowest BCUT2D eigenvalue weighted by molar-refractivity contribution is -0.125. The summed E-state index contributed by atoms with van der Waals surface area (Å²) in [6, 6.07) is 5.54. The third-order valence-corrected chi connectivity index (χ3v) is 4.96. The lowest BCUT2D eigenvalue weighted by atomic mass is 10.0. The van der Waals surface area contributed by atoms with Crippen molar-refractivity contribution in [1.82, 2.24) is 15.1 Å². The summed E-state index contributed by atoms with van der Waals surface area (Å²) in [7, 11) is 0. The van der Waals surface area contributed by atoms with Crippen molar-refractivity contribution in [2.75, 3.05) is 19.7 Å². The van der Waals surface area contributed by atoms with E-state index in [2.05, 4.69) is 5.32 Å². The Morgan fingerprint density at radius 1 is 1.15 bits per heavy atom. The van der Waals surface area contributed by atoms with E-state index in [1.807, 2.05) is 0 Å². The van der Waals surface area contributed by atoms with Crippen molar-refractivity contribution < 1.29 is 23.9 Å². The molecular formula is C19H23N3O5. The maximum atomic E-state index is 12.6. The molecule has 8 heteroatoms. The van der Waals surface area contributed by atoms with Gasteiger partial charge in [-0.15, -0.1) is 0 Å². The molecule has 1 unspecified atom stereocenters. The van der Waals surface area contributed by atoms with Gasteiger partial charge in [0.25, 0.3) is 11.8 Å². The Bertz CT molecular complexity index is 735. The van der Waals surface area contributed by atoms with Crippen LogP contribution in [0, 0.1) is 0 Å². The number of ether oxygens (including phenoxy) is 1. The van der Waals surface area contributed by atoms with Crippen LogP contribution in [0.5, 0.6) is 0 Å². The molecule has 0 radical (unpaired) electrons. The molecule has 0 bridgehead atoms. The van der Waals surface area contributed by atoms with Crippen LogP contribution < -0.4 is 5.32 Å². The molecule has 2 aliphatic rings. The molecule has 1 atom stereocenters. The van der Waals surface area contributed by atoms with Gasteiger partial charge in [-0.05, 0) is 38.8 Å². The van der Waals surface area contributed by atoms with E-state index in [4.69, 9.17) is 4.74 Å². The molecular weight excluding hydrogens is 350 g/mol. The lowest BCUT2D eigenvalue weighted by Gasteiger charge is -2.32. The average Bonchev–Trinajstić information content (AvgIpc) is 2.93. The van der Waals surface area contributed by atoms with Gasteiger partial charge < -0.3 is 15.0 Å². The Labute approximate surface area is 157 Å². The first kappa shape index (κ1) is 18.9. The van der Waals surface area contributed by atoms with E-state index in [-0.39, 0.29) is 18.0 Å². The van der Waals surface area contributed by atoms with Gasteiger partial charge in [-0.1, -0.05) is 12.1 Å². The number of carbonyl (C=O) groups excluding carboxylic acids is 4. The first-order valence-corrected chi connectivity index (χ1v) is 9.13. The maximum Gasteiger partial charge on any atom is 0.409 e. The molecule has 1 aromatic carbocycles. The van der Waals surface area contributed by atoms with Crippen molar-refractivity contribution in [3.8, 4) is 0 Å². The van der Waals surface area contributed by atoms with Crippen LogP contribution >= 0.6 is 0 Å². The standard InChI is InChI=1S/C19H23N3O5/c1-3-27-19(26)21-10-8-13(9-11-21)20-16(23)12(2)22-17(24)14-6-4-5-7-15(14)18(22)25/h4-7,12-13H,3,8-11H2,1-2H3,(H,20,23). The average molecular weight is 373 g/mol. The Kier molecular flexibility index (Phi) is 5.43. The van der Waals surface area contributed by atoms with E-state index in [0.29, 0.717) is 43.7 Å². The number of piperidine rings is 1. The molecule has 1 N–H and O–H groups in total. The fourth-order valence-electron chi connectivity index (χ4n) is 3.42. The van der Waals surface area contributed by atoms with Crippen molar-refractivity contribution in [1.29, 1.82) is 0 Å². The number of hydrogen-bond donors (Lipinski definition) is 1. The number of carbonyl (C=O) groups is 4. The van der Waals surface area contributed by atoms with Gasteiger partial charge in [0.1, 0.15) is 6.04 Å². The number of benzene rings is 1. The summed E-state index contributed by atoms with van der Waals surface area (Å²) in [5.41, 5.74) is 0.648. The number of hydrogen-bond acceptors (Lipinski definition) is 5. The molecule has 1 fully saturated rings. The summed E-state index contributed by atoms with van der Waals surface area (Å²) in [5.74, 6) is -1.27. The highest BCUT2D eigenvalue weighted by molar-refractivity contribution is 6.22. The van der Waals surface area contributed by atoms with Crippen LogP contribution in [-0.2, 0) is 9.53 Å². The summed E-state index contributed by atoms with van der Waals surface area (Å²) in [6.07, 6.45) is 0.848. The molecule has 0 spiro atoms. The highest BCUT2D eigenvalue weighted by Crippen LogP contribution is 2.24. The molecule has 1 saturated heterocycles. The number of amides is 4. The zero-order chi connectivity index (χ0) is 19.6. The normalized spacial score (nSPS) is 18.3. The smallest absolute Gasteiger partial charge is 0.409 e. The van der Waals surface area contributed by atoms with Crippen LogP contribution in [0.2, 0.25) is 0 Å². The molecule has 0 aliphatic carbocycles. The van der Waals surface area contributed by atoms with Crippen molar-refractivity contribution >= 4 is 23.8 Å². The fourth-order valence-corrected chi connectivity index (χ4v) is 3.42. The SMILES string of the molecule is CCOC(=O)N1CCC(NC(=O)C(C)N2C(=O)c3ccccc3C2=O)CC1. The predicted octanol–water partition coefficient (Wildman–Crippen LogP) is 1.41. The molecule has 0 aromatic heterocycles. The second-order valence-electron chi connectivity index (χ2n) is 6.67. The van der Waals surface area contributed by atoms with E-state index >= 15 is 0 Å². The van der Waals surface area contributed by atoms with Crippen molar-refractivity contribution in [3.05, 3.63) is 35.4 Å². The van der Waals surface area contributed by atoms with E-state index in [9.17, 15) is 19.2 Å². The quantitative estimate of drug-likeness (QED) is 0.805. The highest BCUT2D eigenvalue weighted by atomic mass is 16.6. The van der Waals surface area contributed by atoms with E-state index in [1.54, 1.807) is 43.0 Å². The van der Waals surface area contributed by atoms with Crippen LogP contribution in [0.4, 0.5) is 4.79 Å². The van der Waals surface area contributed by atoms with Gasteiger partial charge in [-0.3, -0.25) is 19.3 Å². The first-order chi connectivity index (χ1) is 12.9. The molecule has 2 aliphatic heterocycles. The molecule has 3 rings (SSSR count). The summed E-state index contributed by atoms with van der Waals surface area (Å²) < 4.78 is 4.98. The van der Waals surface area contributed by atoms with Gasteiger partial charge in [0.15, 0.2) is 0 Å². The molecule has 1 aromatic rings. The molecule has 8 nitrogen and oxygen atoms in total. The number of nitrogens with zero attached hydrogens (tertiary/aromatic N) is 2. The van der Waals surface area contributed by atoms with E-state index < -0.39 is 17.9 Å². The van der Waals surface area contributed by atoms with Crippen LogP contribution in [0.15, 0.2) is 24.3 Å².